The maximum Gasteiger partial charge on any atom is 0.264 e. The van der Waals surface area contributed by atoms with Crippen molar-refractivity contribution in [3.63, 3.8) is 0 Å². The van der Waals surface area contributed by atoms with Gasteiger partial charge in [0.05, 0.1) is 17.1 Å². The number of rotatable bonds is 5. The number of hydrogen-bond donors (Lipinski definition) is 0. The Kier molecular flexibility index (Phi) is 4.20. The van der Waals surface area contributed by atoms with E-state index in [-0.39, 0.29) is 17.1 Å². The van der Waals surface area contributed by atoms with Gasteiger partial charge < -0.3 is 0 Å². The van der Waals surface area contributed by atoms with Crippen LogP contribution < -0.4 is 4.31 Å². The average Bonchev–Trinajstić information content (AvgIpc) is 2.45. The van der Waals surface area contributed by atoms with E-state index in [1.807, 2.05) is 0 Å². The summed E-state index contributed by atoms with van der Waals surface area (Å²) in [5.74, 6) is -0.486. The van der Waals surface area contributed by atoms with Crippen LogP contribution >= 0.6 is 0 Å². The average molecular weight is 291 g/mol. The Hall–Kier alpha value is -2.14. The van der Waals surface area contributed by atoms with E-state index in [9.17, 15) is 12.8 Å². The highest BCUT2D eigenvalue weighted by Crippen LogP contribution is 2.24. The van der Waals surface area contributed by atoms with Crippen molar-refractivity contribution in [2.45, 2.75) is 4.90 Å². The lowest BCUT2D eigenvalue weighted by molar-refractivity contribution is 0.592. The standard InChI is InChI=1S/C15H14FNO2S/c1-2-11-17(14-8-6-7-13(16)12-14)20(18,19)15-9-4-3-5-10-15/h2-10,12H,1,11H2. The minimum absolute atomic E-state index is 0.0701. The Morgan fingerprint density at radius 3 is 2.40 bits per heavy atom. The van der Waals surface area contributed by atoms with Crippen LogP contribution in [0.15, 0.2) is 72.1 Å². The second-order valence-corrected chi connectivity index (χ2v) is 5.98. The molecule has 0 fully saturated rings. The van der Waals surface area contributed by atoms with Gasteiger partial charge in [0.15, 0.2) is 0 Å². The van der Waals surface area contributed by atoms with Crippen molar-refractivity contribution in [2.24, 2.45) is 0 Å². The van der Waals surface area contributed by atoms with Gasteiger partial charge >= 0.3 is 0 Å². The lowest BCUT2D eigenvalue weighted by Crippen LogP contribution is -2.31. The molecular weight excluding hydrogens is 277 g/mol. The molecular formula is C15H14FNO2S. The van der Waals surface area contributed by atoms with Gasteiger partial charge in [0.2, 0.25) is 0 Å². The summed E-state index contributed by atoms with van der Waals surface area (Å²) < 4.78 is 39.6. The maximum absolute atomic E-state index is 13.3. The molecule has 2 rings (SSSR count). The van der Waals surface area contributed by atoms with Gasteiger partial charge in [-0.2, -0.15) is 0 Å². The molecule has 0 saturated heterocycles. The maximum atomic E-state index is 13.3. The fraction of sp³-hybridized carbons (Fsp3) is 0.0667. The smallest absolute Gasteiger partial charge is 0.262 e. The van der Waals surface area contributed by atoms with Gasteiger partial charge in [-0.3, -0.25) is 4.31 Å². The zero-order valence-corrected chi connectivity index (χ0v) is 11.6. The largest absolute Gasteiger partial charge is 0.264 e. The third-order valence-corrected chi connectivity index (χ3v) is 4.53. The highest BCUT2D eigenvalue weighted by molar-refractivity contribution is 7.92. The molecule has 0 unspecified atom stereocenters. The van der Waals surface area contributed by atoms with Crippen molar-refractivity contribution in [1.29, 1.82) is 0 Å². The molecule has 2 aromatic carbocycles. The molecule has 0 aliphatic carbocycles. The Morgan fingerprint density at radius 2 is 1.80 bits per heavy atom. The van der Waals surface area contributed by atoms with Crippen LogP contribution in [0.1, 0.15) is 0 Å². The first-order valence-corrected chi connectivity index (χ1v) is 7.44. The monoisotopic (exact) mass is 291 g/mol. The fourth-order valence-corrected chi connectivity index (χ4v) is 3.26. The van der Waals surface area contributed by atoms with E-state index in [0.717, 1.165) is 4.31 Å². The highest BCUT2D eigenvalue weighted by Gasteiger charge is 2.23. The number of nitrogens with zero attached hydrogens (tertiary/aromatic N) is 1. The Morgan fingerprint density at radius 1 is 1.10 bits per heavy atom. The van der Waals surface area contributed by atoms with Gasteiger partial charge in [-0.25, -0.2) is 12.8 Å². The molecule has 0 aliphatic rings. The van der Waals surface area contributed by atoms with Crippen molar-refractivity contribution >= 4 is 15.7 Å². The van der Waals surface area contributed by atoms with Crippen LogP contribution in [0.2, 0.25) is 0 Å². The van der Waals surface area contributed by atoms with Crippen LogP contribution in [0.5, 0.6) is 0 Å². The quantitative estimate of drug-likeness (QED) is 0.793. The number of anilines is 1. The van der Waals surface area contributed by atoms with Crippen molar-refractivity contribution in [1.82, 2.24) is 0 Å². The first-order chi connectivity index (χ1) is 9.55. The normalized spacial score (nSPS) is 11.1. The molecule has 0 atom stereocenters. The second kappa shape index (κ2) is 5.88. The van der Waals surface area contributed by atoms with E-state index in [0.29, 0.717) is 0 Å². The van der Waals surface area contributed by atoms with E-state index < -0.39 is 15.8 Å². The molecule has 0 radical (unpaired) electrons. The molecule has 104 valence electrons. The van der Waals surface area contributed by atoms with Crippen LogP contribution in [-0.2, 0) is 10.0 Å². The van der Waals surface area contributed by atoms with Gasteiger partial charge in [0, 0.05) is 0 Å². The summed E-state index contributed by atoms with van der Waals surface area (Å²) in [7, 11) is -3.74. The number of halogens is 1. The molecule has 0 amide bonds. The molecule has 5 heteroatoms. The lowest BCUT2D eigenvalue weighted by Gasteiger charge is -2.23. The van der Waals surface area contributed by atoms with Crippen LogP contribution in [0, 0.1) is 5.82 Å². The van der Waals surface area contributed by atoms with Gasteiger partial charge in [-0.05, 0) is 30.3 Å². The first kappa shape index (κ1) is 14.3. The van der Waals surface area contributed by atoms with E-state index >= 15 is 0 Å². The third kappa shape index (κ3) is 2.88. The van der Waals surface area contributed by atoms with E-state index in [4.69, 9.17) is 0 Å². The van der Waals surface area contributed by atoms with Crippen LogP contribution in [0.25, 0.3) is 0 Å². The zero-order chi connectivity index (χ0) is 14.6. The summed E-state index contributed by atoms with van der Waals surface area (Å²) in [6, 6.07) is 13.5. The molecule has 0 spiro atoms. The van der Waals surface area contributed by atoms with Crippen molar-refractivity contribution in [3.8, 4) is 0 Å². The summed E-state index contributed by atoms with van der Waals surface area (Å²) in [6.07, 6.45) is 1.46. The SMILES string of the molecule is C=CCN(c1cccc(F)c1)S(=O)(=O)c1ccccc1. The molecule has 0 heterocycles. The summed E-state index contributed by atoms with van der Waals surface area (Å²) in [4.78, 5) is 0.158. The summed E-state index contributed by atoms with van der Waals surface area (Å²) in [6.45, 7) is 3.63. The zero-order valence-electron chi connectivity index (χ0n) is 10.7. The Labute approximate surface area is 118 Å². The summed E-state index contributed by atoms with van der Waals surface area (Å²) in [5, 5.41) is 0. The van der Waals surface area contributed by atoms with E-state index in [2.05, 4.69) is 6.58 Å². The highest BCUT2D eigenvalue weighted by atomic mass is 32.2. The molecule has 0 N–H and O–H groups in total. The first-order valence-electron chi connectivity index (χ1n) is 6.00. The second-order valence-electron chi connectivity index (χ2n) is 4.12. The lowest BCUT2D eigenvalue weighted by atomic mass is 10.3. The molecule has 0 aliphatic heterocycles. The molecule has 3 nitrogen and oxygen atoms in total. The Bertz CT molecular complexity index is 699. The van der Waals surface area contributed by atoms with Gasteiger partial charge in [0.25, 0.3) is 10.0 Å². The van der Waals surface area contributed by atoms with Crippen LogP contribution in [-0.4, -0.2) is 15.0 Å². The predicted octanol–water partition coefficient (Wildman–Crippen LogP) is 3.21. The molecule has 20 heavy (non-hydrogen) atoms. The number of benzene rings is 2. The van der Waals surface area contributed by atoms with Crippen molar-refractivity contribution in [2.75, 3.05) is 10.8 Å². The van der Waals surface area contributed by atoms with Crippen LogP contribution in [0.3, 0.4) is 0 Å². The van der Waals surface area contributed by atoms with Crippen LogP contribution in [0.4, 0.5) is 10.1 Å². The molecule has 0 saturated carbocycles. The predicted molar refractivity (Wildman–Crippen MR) is 77.6 cm³/mol. The molecule has 0 bridgehead atoms. The minimum atomic E-state index is -3.74. The summed E-state index contributed by atoms with van der Waals surface area (Å²) >= 11 is 0. The van der Waals surface area contributed by atoms with Gasteiger partial charge in [-0.1, -0.05) is 30.3 Å². The number of sulfonamides is 1. The Balaban J connectivity index is 2.51. The van der Waals surface area contributed by atoms with Crippen molar-refractivity contribution in [3.05, 3.63) is 73.1 Å². The van der Waals surface area contributed by atoms with E-state index in [1.54, 1.807) is 24.3 Å². The fourth-order valence-electron chi connectivity index (χ4n) is 1.81. The van der Waals surface area contributed by atoms with Crippen molar-refractivity contribution < 1.29 is 12.8 Å². The minimum Gasteiger partial charge on any atom is -0.262 e. The van der Waals surface area contributed by atoms with Gasteiger partial charge in [-0.15, -0.1) is 6.58 Å². The third-order valence-electron chi connectivity index (χ3n) is 2.72. The molecule has 0 aromatic heterocycles. The summed E-state index contributed by atoms with van der Waals surface area (Å²) in [5.41, 5.74) is 0.272. The number of hydrogen-bond acceptors (Lipinski definition) is 2. The topological polar surface area (TPSA) is 37.4 Å². The molecule has 2 aromatic rings. The van der Waals surface area contributed by atoms with Gasteiger partial charge in [0.1, 0.15) is 5.82 Å². The van der Waals surface area contributed by atoms with E-state index in [1.165, 1.54) is 36.4 Å².